The van der Waals surface area contributed by atoms with Crippen molar-refractivity contribution in [3.63, 3.8) is 0 Å². The molecule has 0 bridgehead atoms. The fraction of sp³-hybridized carbons (Fsp3) is 0.350. The molecular weight excluding hydrogens is 302 g/mol. The van der Waals surface area contributed by atoms with E-state index in [9.17, 15) is 4.79 Å². The fourth-order valence-corrected chi connectivity index (χ4v) is 2.79. The molecule has 0 saturated carbocycles. The maximum absolute atomic E-state index is 11.1. The van der Waals surface area contributed by atoms with Crippen molar-refractivity contribution in [2.24, 2.45) is 0 Å². The minimum absolute atomic E-state index is 0.00916. The first-order valence-electron chi connectivity index (χ1n) is 8.31. The van der Waals surface area contributed by atoms with Gasteiger partial charge in [0.2, 0.25) is 5.91 Å². The summed E-state index contributed by atoms with van der Waals surface area (Å²) in [7, 11) is 0. The lowest BCUT2D eigenvalue weighted by atomic mass is 10.0. The smallest absolute Gasteiger partial charge is 0.217 e. The highest BCUT2D eigenvalue weighted by Crippen LogP contribution is 2.24. The van der Waals surface area contributed by atoms with Crippen molar-refractivity contribution in [2.75, 3.05) is 13.2 Å². The van der Waals surface area contributed by atoms with Crippen LogP contribution in [0.1, 0.15) is 19.4 Å². The van der Waals surface area contributed by atoms with Gasteiger partial charge in [0.25, 0.3) is 0 Å². The van der Waals surface area contributed by atoms with Crippen molar-refractivity contribution < 1.29 is 14.3 Å². The lowest BCUT2D eigenvalue weighted by molar-refractivity contribution is -0.119. The van der Waals surface area contributed by atoms with E-state index in [1.807, 2.05) is 19.1 Å². The number of hydrogen-bond acceptors (Lipinski definition) is 3. The largest absolute Gasteiger partial charge is 0.486 e. The van der Waals surface area contributed by atoms with Gasteiger partial charge in [-0.3, -0.25) is 4.79 Å². The number of ether oxygens (including phenoxy) is 2. The summed E-state index contributed by atoms with van der Waals surface area (Å²) in [5.74, 6) is 0.891. The van der Waals surface area contributed by atoms with Crippen molar-refractivity contribution in [3.05, 3.63) is 54.1 Å². The number of carbonyl (C=O) groups excluding carboxylic acids is 1. The summed E-state index contributed by atoms with van der Waals surface area (Å²) < 4.78 is 10.9. The number of amides is 1. The molecule has 0 aromatic heterocycles. The Kier molecular flexibility index (Phi) is 5.16. The summed E-state index contributed by atoms with van der Waals surface area (Å²) >= 11 is 0. The van der Waals surface area contributed by atoms with Crippen molar-refractivity contribution >= 4 is 5.91 Å². The Bertz CT molecular complexity index is 675. The summed E-state index contributed by atoms with van der Waals surface area (Å²) in [6.45, 7) is 4.92. The number of hydrogen-bond donors (Lipinski definition) is 1. The first kappa shape index (κ1) is 16.5. The maximum Gasteiger partial charge on any atom is 0.217 e. The number of nitrogens with one attached hydrogen (secondary N) is 1. The zero-order valence-electron chi connectivity index (χ0n) is 14.1. The zero-order chi connectivity index (χ0) is 16.9. The normalized spacial score (nSPS) is 15.4. The van der Waals surface area contributed by atoms with Crippen molar-refractivity contribution in [1.82, 2.24) is 5.32 Å². The summed E-state index contributed by atoms with van der Waals surface area (Å²) in [4.78, 5) is 11.1. The van der Waals surface area contributed by atoms with Crippen LogP contribution in [0.2, 0.25) is 0 Å². The van der Waals surface area contributed by atoms with Crippen LogP contribution in [-0.4, -0.2) is 31.3 Å². The van der Waals surface area contributed by atoms with Crippen LogP contribution in [0.4, 0.5) is 0 Å². The molecule has 4 nitrogen and oxygen atoms in total. The molecule has 0 radical (unpaired) electrons. The molecule has 1 unspecified atom stereocenters. The SMILES string of the molecule is CC(=O)NC(C)Cc1ccc(-c2ccc(OC3COC3)cc2)cc1. The Morgan fingerprint density at radius 2 is 1.71 bits per heavy atom. The van der Waals surface area contributed by atoms with Gasteiger partial charge in [0.05, 0.1) is 13.2 Å². The van der Waals surface area contributed by atoms with E-state index < -0.39 is 0 Å². The van der Waals surface area contributed by atoms with E-state index in [-0.39, 0.29) is 18.1 Å². The van der Waals surface area contributed by atoms with Crippen LogP contribution >= 0.6 is 0 Å². The minimum atomic E-state index is 0.00916. The van der Waals surface area contributed by atoms with Gasteiger partial charge in [-0.2, -0.15) is 0 Å². The predicted molar refractivity (Wildman–Crippen MR) is 94.1 cm³/mol. The van der Waals surface area contributed by atoms with Gasteiger partial charge in [0.15, 0.2) is 0 Å². The topological polar surface area (TPSA) is 47.6 Å². The monoisotopic (exact) mass is 325 g/mol. The van der Waals surface area contributed by atoms with Gasteiger partial charge in [-0.05, 0) is 42.2 Å². The average Bonchev–Trinajstić information content (AvgIpc) is 2.51. The van der Waals surface area contributed by atoms with Crippen LogP contribution in [0, 0.1) is 0 Å². The molecule has 1 aliphatic heterocycles. The van der Waals surface area contributed by atoms with Crippen LogP contribution in [-0.2, 0) is 16.0 Å². The second-order valence-electron chi connectivity index (χ2n) is 6.30. The molecule has 1 atom stereocenters. The molecule has 126 valence electrons. The molecule has 1 N–H and O–H groups in total. The highest BCUT2D eigenvalue weighted by Gasteiger charge is 2.19. The third-order valence-corrected chi connectivity index (χ3v) is 4.04. The van der Waals surface area contributed by atoms with Crippen LogP contribution < -0.4 is 10.1 Å². The molecule has 1 aliphatic rings. The van der Waals surface area contributed by atoms with E-state index in [1.165, 1.54) is 11.1 Å². The molecule has 24 heavy (non-hydrogen) atoms. The first-order valence-corrected chi connectivity index (χ1v) is 8.31. The first-order chi connectivity index (χ1) is 11.6. The summed E-state index contributed by atoms with van der Waals surface area (Å²) in [5.41, 5.74) is 3.54. The van der Waals surface area contributed by atoms with Crippen molar-refractivity contribution in [1.29, 1.82) is 0 Å². The van der Waals surface area contributed by atoms with Gasteiger partial charge in [-0.1, -0.05) is 36.4 Å². The second kappa shape index (κ2) is 7.49. The Hall–Kier alpha value is -2.33. The summed E-state index contributed by atoms with van der Waals surface area (Å²) in [6, 6.07) is 16.7. The van der Waals surface area contributed by atoms with E-state index >= 15 is 0 Å². The zero-order valence-corrected chi connectivity index (χ0v) is 14.1. The van der Waals surface area contributed by atoms with Gasteiger partial charge in [-0.25, -0.2) is 0 Å². The van der Waals surface area contributed by atoms with Crippen LogP contribution in [0.5, 0.6) is 5.75 Å². The van der Waals surface area contributed by atoms with E-state index in [0.29, 0.717) is 13.2 Å². The number of carbonyl (C=O) groups is 1. The van der Waals surface area contributed by atoms with Gasteiger partial charge < -0.3 is 14.8 Å². The molecule has 0 aliphatic carbocycles. The van der Waals surface area contributed by atoms with Crippen molar-refractivity contribution in [2.45, 2.75) is 32.4 Å². The Morgan fingerprint density at radius 1 is 1.12 bits per heavy atom. The highest BCUT2D eigenvalue weighted by molar-refractivity contribution is 5.73. The van der Waals surface area contributed by atoms with Crippen LogP contribution in [0.25, 0.3) is 11.1 Å². The third-order valence-electron chi connectivity index (χ3n) is 4.04. The molecule has 3 rings (SSSR count). The average molecular weight is 325 g/mol. The highest BCUT2D eigenvalue weighted by atomic mass is 16.6. The minimum Gasteiger partial charge on any atom is -0.486 e. The molecular formula is C20H23NO3. The maximum atomic E-state index is 11.1. The van der Waals surface area contributed by atoms with E-state index in [1.54, 1.807) is 6.92 Å². The molecule has 4 heteroatoms. The van der Waals surface area contributed by atoms with Crippen LogP contribution in [0.15, 0.2) is 48.5 Å². The van der Waals surface area contributed by atoms with E-state index in [0.717, 1.165) is 17.7 Å². The number of rotatable bonds is 6. The van der Waals surface area contributed by atoms with Gasteiger partial charge in [0, 0.05) is 13.0 Å². The Labute approximate surface area is 142 Å². The standard InChI is InChI=1S/C20H23NO3/c1-14(21-15(2)22)11-16-3-5-17(6-4-16)18-7-9-19(10-8-18)24-20-12-23-13-20/h3-10,14,20H,11-13H2,1-2H3,(H,21,22). The van der Waals surface area contributed by atoms with Crippen molar-refractivity contribution in [3.8, 4) is 16.9 Å². The van der Waals surface area contributed by atoms with Gasteiger partial charge >= 0.3 is 0 Å². The Morgan fingerprint density at radius 3 is 2.21 bits per heavy atom. The molecule has 2 aromatic carbocycles. The molecule has 0 spiro atoms. The molecule has 1 saturated heterocycles. The molecule has 1 amide bonds. The predicted octanol–water partition coefficient (Wildman–Crippen LogP) is 3.20. The summed E-state index contributed by atoms with van der Waals surface area (Å²) in [6.07, 6.45) is 1.02. The number of benzene rings is 2. The molecule has 1 heterocycles. The van der Waals surface area contributed by atoms with E-state index in [4.69, 9.17) is 9.47 Å². The molecule has 1 fully saturated rings. The van der Waals surface area contributed by atoms with Crippen LogP contribution in [0.3, 0.4) is 0 Å². The lowest BCUT2D eigenvalue weighted by Gasteiger charge is -2.26. The Balaban J connectivity index is 1.61. The second-order valence-corrected chi connectivity index (χ2v) is 6.30. The third kappa shape index (κ3) is 4.36. The quantitative estimate of drug-likeness (QED) is 0.887. The van der Waals surface area contributed by atoms with E-state index in [2.05, 4.69) is 41.7 Å². The summed E-state index contributed by atoms with van der Waals surface area (Å²) in [5, 5.41) is 2.91. The molecule has 2 aromatic rings. The lowest BCUT2D eigenvalue weighted by Crippen LogP contribution is -2.38. The van der Waals surface area contributed by atoms with Gasteiger partial charge in [-0.15, -0.1) is 0 Å². The van der Waals surface area contributed by atoms with Gasteiger partial charge in [0.1, 0.15) is 11.9 Å². The fourth-order valence-electron chi connectivity index (χ4n) is 2.79.